The third-order valence-corrected chi connectivity index (χ3v) is 6.14. The maximum atomic E-state index is 12.7. The first-order valence-corrected chi connectivity index (χ1v) is 11.2. The number of nitrogens with zero attached hydrogens (tertiary/aromatic N) is 4. The van der Waals surface area contributed by atoms with Crippen LogP contribution >= 0.6 is 0 Å². The van der Waals surface area contributed by atoms with Crippen LogP contribution in [0.25, 0.3) is 0 Å². The number of imide groups is 1. The number of methoxy groups -OCH3 is 1. The van der Waals surface area contributed by atoms with Crippen LogP contribution in [0.5, 0.6) is 5.75 Å². The Labute approximate surface area is 193 Å². The number of piperazine rings is 1. The zero-order valence-electron chi connectivity index (χ0n) is 18.8. The van der Waals surface area contributed by atoms with Crippen LogP contribution < -0.4 is 15.0 Å². The number of amides is 4. The molecule has 9 heteroatoms. The number of hydrogen-bond donors (Lipinski definition) is 1. The molecule has 0 saturated carbocycles. The number of urea groups is 1. The monoisotopic (exact) mass is 451 g/mol. The van der Waals surface area contributed by atoms with Crippen molar-refractivity contribution in [1.29, 1.82) is 0 Å². The smallest absolute Gasteiger partial charge is 0.324 e. The second-order valence-corrected chi connectivity index (χ2v) is 8.18. The Morgan fingerprint density at radius 1 is 1.09 bits per heavy atom. The Morgan fingerprint density at radius 3 is 2.52 bits per heavy atom. The molecule has 4 rings (SSSR count). The van der Waals surface area contributed by atoms with Gasteiger partial charge < -0.3 is 19.9 Å². The molecule has 1 aromatic heterocycles. The van der Waals surface area contributed by atoms with E-state index in [-0.39, 0.29) is 18.2 Å². The number of carbonyl (C=O) groups is 3. The lowest BCUT2D eigenvalue weighted by Gasteiger charge is -2.35. The molecule has 0 radical (unpaired) electrons. The molecule has 0 bridgehead atoms. The lowest BCUT2D eigenvalue weighted by molar-refractivity contribution is -0.132. The van der Waals surface area contributed by atoms with Crippen LogP contribution in [-0.4, -0.2) is 78.5 Å². The molecule has 9 nitrogen and oxygen atoms in total. The van der Waals surface area contributed by atoms with Crippen LogP contribution in [0.2, 0.25) is 0 Å². The van der Waals surface area contributed by atoms with Gasteiger partial charge in [0.25, 0.3) is 5.91 Å². The van der Waals surface area contributed by atoms with E-state index in [1.807, 2.05) is 47.4 Å². The van der Waals surface area contributed by atoms with Crippen LogP contribution in [0, 0.1) is 0 Å². The topological polar surface area (TPSA) is 95.1 Å². The van der Waals surface area contributed by atoms with E-state index < -0.39 is 12.1 Å². The number of hydrogen-bond acceptors (Lipinski definition) is 6. The predicted molar refractivity (Wildman–Crippen MR) is 123 cm³/mol. The minimum absolute atomic E-state index is 0.00871. The summed E-state index contributed by atoms with van der Waals surface area (Å²) in [5, 5.41) is 2.73. The summed E-state index contributed by atoms with van der Waals surface area (Å²) < 4.78 is 5.15. The number of nitrogens with one attached hydrogen (secondary N) is 1. The van der Waals surface area contributed by atoms with Gasteiger partial charge in [-0.3, -0.25) is 14.5 Å². The Hall–Kier alpha value is -3.62. The van der Waals surface area contributed by atoms with E-state index in [1.165, 1.54) is 4.90 Å². The van der Waals surface area contributed by atoms with Crippen LogP contribution in [0.3, 0.4) is 0 Å². The number of rotatable bonds is 8. The fourth-order valence-corrected chi connectivity index (χ4v) is 4.17. The van der Waals surface area contributed by atoms with E-state index in [1.54, 1.807) is 13.3 Å². The van der Waals surface area contributed by atoms with Gasteiger partial charge >= 0.3 is 6.03 Å². The van der Waals surface area contributed by atoms with Gasteiger partial charge in [0.1, 0.15) is 17.6 Å². The van der Waals surface area contributed by atoms with E-state index >= 15 is 0 Å². The summed E-state index contributed by atoms with van der Waals surface area (Å²) in [4.78, 5) is 47.3. The fourth-order valence-electron chi connectivity index (χ4n) is 4.17. The summed E-state index contributed by atoms with van der Waals surface area (Å²) >= 11 is 0. The quantitative estimate of drug-likeness (QED) is 0.614. The molecule has 1 aromatic carbocycles. The van der Waals surface area contributed by atoms with Crippen molar-refractivity contribution in [2.24, 2.45) is 0 Å². The van der Waals surface area contributed by atoms with Crippen molar-refractivity contribution < 1.29 is 19.1 Å². The molecule has 2 aliphatic rings. The summed E-state index contributed by atoms with van der Waals surface area (Å²) in [6.45, 7) is 2.99. The maximum absolute atomic E-state index is 12.7. The van der Waals surface area contributed by atoms with Crippen molar-refractivity contribution >= 4 is 23.7 Å². The molecular weight excluding hydrogens is 422 g/mol. The SMILES string of the molecule is COc1ccc(CCN2C(=O)NC(CCC(=O)N3CCN(c4ccccn4)CC3)C2=O)cc1. The number of anilines is 1. The molecular formula is C24H29N5O4. The molecule has 0 aliphatic carbocycles. The first-order valence-electron chi connectivity index (χ1n) is 11.2. The highest BCUT2D eigenvalue weighted by molar-refractivity contribution is 6.04. The maximum Gasteiger partial charge on any atom is 0.324 e. The first kappa shape index (κ1) is 22.6. The van der Waals surface area contributed by atoms with Crippen LogP contribution in [0.1, 0.15) is 18.4 Å². The molecule has 33 heavy (non-hydrogen) atoms. The molecule has 1 unspecified atom stereocenters. The molecule has 4 amide bonds. The molecule has 2 aromatic rings. The summed E-state index contributed by atoms with van der Waals surface area (Å²) in [7, 11) is 1.61. The van der Waals surface area contributed by atoms with Gasteiger partial charge in [0.15, 0.2) is 0 Å². The number of ether oxygens (including phenoxy) is 1. The van der Waals surface area contributed by atoms with Crippen LogP contribution in [0.15, 0.2) is 48.7 Å². The number of pyridine rings is 1. The number of aromatic nitrogens is 1. The van der Waals surface area contributed by atoms with E-state index in [0.717, 1.165) is 30.2 Å². The van der Waals surface area contributed by atoms with Crippen molar-refractivity contribution in [2.45, 2.75) is 25.3 Å². The standard InChI is InChI=1S/C24H29N5O4/c1-33-19-7-5-18(6-8-19)11-13-29-23(31)20(26-24(29)32)9-10-22(30)28-16-14-27(15-17-28)21-4-2-3-12-25-21/h2-8,12,20H,9-11,13-17H2,1H3,(H,26,32). The fraction of sp³-hybridized carbons (Fsp3) is 0.417. The third kappa shape index (κ3) is 5.42. The molecule has 3 heterocycles. The zero-order chi connectivity index (χ0) is 23.2. The highest BCUT2D eigenvalue weighted by atomic mass is 16.5. The number of benzene rings is 1. The van der Waals surface area contributed by atoms with Gasteiger partial charge in [-0.1, -0.05) is 18.2 Å². The molecule has 1 atom stereocenters. The third-order valence-electron chi connectivity index (χ3n) is 6.14. The van der Waals surface area contributed by atoms with E-state index in [9.17, 15) is 14.4 Å². The minimum Gasteiger partial charge on any atom is -0.497 e. The van der Waals surface area contributed by atoms with Gasteiger partial charge in [0.05, 0.1) is 7.11 Å². The average Bonchev–Trinajstić information content (AvgIpc) is 3.14. The van der Waals surface area contributed by atoms with Crippen LogP contribution in [-0.2, 0) is 16.0 Å². The van der Waals surface area contributed by atoms with Crippen molar-refractivity contribution in [1.82, 2.24) is 20.1 Å². The molecule has 1 N–H and O–H groups in total. The van der Waals surface area contributed by atoms with Crippen molar-refractivity contribution in [3.63, 3.8) is 0 Å². The molecule has 174 valence electrons. The summed E-state index contributed by atoms with van der Waals surface area (Å²) in [6, 6.07) is 12.3. The number of carbonyl (C=O) groups excluding carboxylic acids is 3. The largest absolute Gasteiger partial charge is 0.497 e. The summed E-state index contributed by atoms with van der Waals surface area (Å²) in [5.41, 5.74) is 1.01. The molecule has 2 aliphatic heterocycles. The lowest BCUT2D eigenvalue weighted by Crippen LogP contribution is -2.49. The second-order valence-electron chi connectivity index (χ2n) is 8.18. The Kier molecular flexibility index (Phi) is 7.07. The van der Waals surface area contributed by atoms with Gasteiger partial charge in [-0.15, -0.1) is 0 Å². The van der Waals surface area contributed by atoms with Gasteiger partial charge in [0, 0.05) is 45.3 Å². The Balaban J connectivity index is 1.22. The van der Waals surface area contributed by atoms with Crippen LogP contribution in [0.4, 0.5) is 10.6 Å². The van der Waals surface area contributed by atoms with Gasteiger partial charge in [-0.2, -0.15) is 0 Å². The van der Waals surface area contributed by atoms with E-state index in [4.69, 9.17) is 4.74 Å². The Morgan fingerprint density at radius 2 is 1.85 bits per heavy atom. The zero-order valence-corrected chi connectivity index (χ0v) is 18.8. The van der Waals surface area contributed by atoms with Crippen molar-refractivity contribution in [3.05, 3.63) is 54.2 Å². The lowest BCUT2D eigenvalue weighted by atomic mass is 10.1. The second kappa shape index (κ2) is 10.3. The van der Waals surface area contributed by atoms with E-state index in [2.05, 4.69) is 15.2 Å². The molecule has 2 fully saturated rings. The normalized spacial score (nSPS) is 18.5. The van der Waals surface area contributed by atoms with Crippen molar-refractivity contribution in [3.8, 4) is 5.75 Å². The van der Waals surface area contributed by atoms with Gasteiger partial charge in [0.2, 0.25) is 5.91 Å². The first-order chi connectivity index (χ1) is 16.0. The molecule has 0 spiro atoms. The highest BCUT2D eigenvalue weighted by Crippen LogP contribution is 2.17. The molecule has 2 saturated heterocycles. The summed E-state index contributed by atoms with van der Waals surface area (Å²) in [5.74, 6) is 1.42. The summed E-state index contributed by atoms with van der Waals surface area (Å²) in [6.07, 6.45) is 2.87. The minimum atomic E-state index is -0.646. The average molecular weight is 452 g/mol. The van der Waals surface area contributed by atoms with Crippen molar-refractivity contribution in [2.75, 3.05) is 44.7 Å². The highest BCUT2D eigenvalue weighted by Gasteiger charge is 2.37. The van der Waals surface area contributed by atoms with E-state index in [0.29, 0.717) is 32.5 Å². The van der Waals surface area contributed by atoms with Gasteiger partial charge in [-0.25, -0.2) is 9.78 Å². The Bertz CT molecular complexity index is 974. The van der Waals surface area contributed by atoms with Gasteiger partial charge in [-0.05, 0) is 42.7 Å². The predicted octanol–water partition coefficient (Wildman–Crippen LogP) is 1.68.